The van der Waals surface area contributed by atoms with Gasteiger partial charge in [0, 0.05) is 12.6 Å². The van der Waals surface area contributed by atoms with E-state index >= 15 is 0 Å². The van der Waals surface area contributed by atoms with Gasteiger partial charge in [0.05, 0.1) is 22.0 Å². The third kappa shape index (κ3) is 3.53. The molecule has 0 radical (unpaired) electrons. The van der Waals surface area contributed by atoms with E-state index in [1.165, 1.54) is 22.1 Å². The Kier molecular flexibility index (Phi) is 4.80. The van der Waals surface area contributed by atoms with E-state index in [9.17, 15) is 9.59 Å². The Hall–Kier alpha value is -2.74. The highest BCUT2D eigenvalue weighted by Gasteiger charge is 2.15. The van der Waals surface area contributed by atoms with Crippen molar-refractivity contribution < 1.29 is 4.79 Å². The summed E-state index contributed by atoms with van der Waals surface area (Å²) in [6, 6.07) is 6.94. The van der Waals surface area contributed by atoms with Crippen LogP contribution in [0.5, 0.6) is 0 Å². The summed E-state index contributed by atoms with van der Waals surface area (Å²) in [6.45, 7) is 6.32. The number of hydrogen-bond acceptors (Lipinski definition) is 5. The molecule has 0 saturated carbocycles. The molecule has 1 amide bonds. The summed E-state index contributed by atoms with van der Waals surface area (Å²) >= 11 is 1.53. The summed E-state index contributed by atoms with van der Waals surface area (Å²) in [4.78, 5) is 25.4. The predicted molar refractivity (Wildman–Crippen MR) is 97.8 cm³/mol. The lowest BCUT2D eigenvalue weighted by Crippen LogP contribution is -2.29. The lowest BCUT2D eigenvalue weighted by Gasteiger charge is -2.08. The van der Waals surface area contributed by atoms with Crippen molar-refractivity contribution in [2.75, 3.05) is 5.32 Å². The highest BCUT2D eigenvalue weighted by Crippen LogP contribution is 2.21. The molecule has 7 nitrogen and oxygen atoms in total. The number of aryl methyl sites for hydroxylation is 2. The number of aromatic nitrogens is 4. The summed E-state index contributed by atoms with van der Waals surface area (Å²) < 4.78 is 3.01. The number of thiophene rings is 1. The molecule has 3 heterocycles. The molecule has 8 heteroatoms. The fourth-order valence-electron chi connectivity index (χ4n) is 2.62. The van der Waals surface area contributed by atoms with Crippen LogP contribution in [-0.4, -0.2) is 25.5 Å². The maximum absolute atomic E-state index is 12.4. The maximum atomic E-state index is 12.4. The van der Waals surface area contributed by atoms with Crippen LogP contribution in [0.25, 0.3) is 10.6 Å². The molecule has 0 bridgehead atoms. The van der Waals surface area contributed by atoms with Gasteiger partial charge in [-0.05, 0) is 38.3 Å². The van der Waals surface area contributed by atoms with Crippen molar-refractivity contribution in [3.8, 4) is 10.6 Å². The normalized spacial score (nSPS) is 10.8. The highest BCUT2D eigenvalue weighted by atomic mass is 32.1. The van der Waals surface area contributed by atoms with E-state index in [1.807, 2.05) is 43.0 Å². The molecule has 0 unspecified atom stereocenters. The summed E-state index contributed by atoms with van der Waals surface area (Å²) in [5.74, 6) is -0.306. The van der Waals surface area contributed by atoms with Crippen molar-refractivity contribution in [2.24, 2.45) is 0 Å². The van der Waals surface area contributed by atoms with Crippen molar-refractivity contribution in [3.63, 3.8) is 0 Å². The largest absolute Gasteiger partial charge is 0.321 e. The third-order valence-corrected chi connectivity index (χ3v) is 4.77. The average molecular weight is 357 g/mol. The minimum Gasteiger partial charge on any atom is -0.321 e. The van der Waals surface area contributed by atoms with Gasteiger partial charge in [-0.1, -0.05) is 6.07 Å². The second-order valence-electron chi connectivity index (χ2n) is 5.60. The summed E-state index contributed by atoms with van der Waals surface area (Å²) in [5.41, 5.74) is 2.69. The second-order valence-corrected chi connectivity index (χ2v) is 6.55. The average Bonchev–Trinajstić information content (AvgIpc) is 3.21. The van der Waals surface area contributed by atoms with Crippen LogP contribution in [0.4, 0.5) is 5.69 Å². The van der Waals surface area contributed by atoms with Gasteiger partial charge < -0.3 is 5.32 Å². The molecule has 3 aromatic heterocycles. The number of anilines is 1. The monoisotopic (exact) mass is 357 g/mol. The molecule has 3 rings (SSSR count). The Balaban J connectivity index is 1.81. The van der Waals surface area contributed by atoms with Gasteiger partial charge in [0.15, 0.2) is 0 Å². The van der Waals surface area contributed by atoms with E-state index in [2.05, 4.69) is 15.5 Å². The fraction of sp³-hybridized carbons (Fsp3) is 0.294. The highest BCUT2D eigenvalue weighted by molar-refractivity contribution is 7.13. The van der Waals surface area contributed by atoms with Gasteiger partial charge in [0.2, 0.25) is 5.91 Å². The zero-order chi connectivity index (χ0) is 18.0. The first-order valence-corrected chi connectivity index (χ1v) is 8.83. The first-order valence-electron chi connectivity index (χ1n) is 7.95. The van der Waals surface area contributed by atoms with Gasteiger partial charge in [-0.15, -0.1) is 11.3 Å². The van der Waals surface area contributed by atoms with Crippen LogP contribution in [0.2, 0.25) is 0 Å². The Labute approximate surface area is 148 Å². The van der Waals surface area contributed by atoms with E-state index in [-0.39, 0.29) is 18.0 Å². The number of nitrogens with zero attached hydrogens (tertiary/aromatic N) is 4. The van der Waals surface area contributed by atoms with Crippen LogP contribution in [0.1, 0.15) is 18.3 Å². The van der Waals surface area contributed by atoms with Crippen molar-refractivity contribution in [1.29, 1.82) is 0 Å². The first kappa shape index (κ1) is 17.1. The van der Waals surface area contributed by atoms with Crippen LogP contribution >= 0.6 is 11.3 Å². The zero-order valence-electron chi connectivity index (χ0n) is 14.3. The lowest BCUT2D eigenvalue weighted by atomic mass is 10.3. The molecule has 0 aliphatic heterocycles. The summed E-state index contributed by atoms with van der Waals surface area (Å²) in [5, 5.41) is 13.5. The summed E-state index contributed by atoms with van der Waals surface area (Å²) in [6.07, 6.45) is 0. The topological polar surface area (TPSA) is 81.8 Å². The smallest absolute Gasteiger partial charge is 0.267 e. The van der Waals surface area contributed by atoms with Gasteiger partial charge in [-0.3, -0.25) is 14.3 Å². The zero-order valence-corrected chi connectivity index (χ0v) is 15.1. The van der Waals surface area contributed by atoms with E-state index in [4.69, 9.17) is 0 Å². The number of rotatable bonds is 5. The molecule has 0 aromatic carbocycles. The first-order chi connectivity index (χ1) is 12.0. The van der Waals surface area contributed by atoms with Crippen molar-refractivity contribution in [2.45, 2.75) is 33.9 Å². The van der Waals surface area contributed by atoms with Crippen molar-refractivity contribution in [1.82, 2.24) is 19.6 Å². The molecule has 130 valence electrons. The molecule has 0 aliphatic carbocycles. The molecular weight excluding hydrogens is 338 g/mol. The minimum atomic E-state index is -0.312. The van der Waals surface area contributed by atoms with Crippen LogP contribution in [0, 0.1) is 13.8 Å². The van der Waals surface area contributed by atoms with Gasteiger partial charge in [-0.2, -0.15) is 10.2 Å². The molecule has 1 N–H and O–H groups in total. The molecule has 0 aliphatic rings. The van der Waals surface area contributed by atoms with E-state index < -0.39 is 0 Å². The fourth-order valence-corrected chi connectivity index (χ4v) is 3.31. The van der Waals surface area contributed by atoms with Crippen LogP contribution in [-0.2, 0) is 17.9 Å². The molecule has 0 saturated heterocycles. The second kappa shape index (κ2) is 7.02. The Bertz CT molecular complexity index is 956. The van der Waals surface area contributed by atoms with Crippen LogP contribution in [0.3, 0.4) is 0 Å². The van der Waals surface area contributed by atoms with E-state index in [0.29, 0.717) is 11.4 Å². The molecule has 25 heavy (non-hydrogen) atoms. The number of carbonyl (C=O) groups is 1. The van der Waals surface area contributed by atoms with Crippen molar-refractivity contribution in [3.05, 3.63) is 51.4 Å². The van der Waals surface area contributed by atoms with Crippen molar-refractivity contribution >= 4 is 22.9 Å². The third-order valence-electron chi connectivity index (χ3n) is 3.88. The molecule has 0 spiro atoms. The standard InChI is InChI=1S/C17H19N5O2S/c1-4-21-12(3)17(11(2)19-21)18-15(23)10-22-16(24)8-7-13(20-22)14-6-5-9-25-14/h5-9H,4,10H2,1-3H3,(H,18,23). The molecule has 0 atom stereocenters. The van der Waals surface area contributed by atoms with E-state index in [0.717, 1.165) is 22.8 Å². The number of amides is 1. The van der Waals surface area contributed by atoms with Gasteiger partial charge in [-0.25, -0.2) is 4.68 Å². The summed E-state index contributed by atoms with van der Waals surface area (Å²) in [7, 11) is 0. The van der Waals surface area contributed by atoms with E-state index in [1.54, 1.807) is 6.07 Å². The maximum Gasteiger partial charge on any atom is 0.267 e. The van der Waals surface area contributed by atoms with Crippen LogP contribution < -0.4 is 10.9 Å². The molecule has 3 aromatic rings. The predicted octanol–water partition coefficient (Wildman–Crippen LogP) is 2.44. The molecular formula is C17H19N5O2S. The lowest BCUT2D eigenvalue weighted by molar-refractivity contribution is -0.117. The molecule has 0 fully saturated rings. The van der Waals surface area contributed by atoms with Gasteiger partial charge >= 0.3 is 0 Å². The minimum absolute atomic E-state index is 0.145. The Morgan fingerprint density at radius 3 is 2.64 bits per heavy atom. The number of nitrogens with one attached hydrogen (secondary N) is 1. The quantitative estimate of drug-likeness (QED) is 0.760. The van der Waals surface area contributed by atoms with Gasteiger partial charge in [0.1, 0.15) is 12.2 Å². The Morgan fingerprint density at radius 1 is 1.20 bits per heavy atom. The Morgan fingerprint density at radius 2 is 2.00 bits per heavy atom. The van der Waals surface area contributed by atoms with Gasteiger partial charge in [0.25, 0.3) is 5.56 Å². The number of hydrogen-bond donors (Lipinski definition) is 1. The number of carbonyl (C=O) groups excluding carboxylic acids is 1. The SMILES string of the molecule is CCn1nc(C)c(NC(=O)Cn2nc(-c3cccs3)ccc2=O)c1C. The van der Waals surface area contributed by atoms with Crippen LogP contribution in [0.15, 0.2) is 34.4 Å².